The Hall–Kier alpha value is -1.29. The van der Waals surface area contributed by atoms with Gasteiger partial charge in [-0.05, 0) is 31.4 Å². The van der Waals surface area contributed by atoms with E-state index in [0.717, 1.165) is 25.7 Å². The lowest BCUT2D eigenvalue weighted by molar-refractivity contribution is -0.384. The molecule has 17 heavy (non-hydrogen) atoms. The molecule has 1 aromatic carbocycles. The molecule has 0 bridgehead atoms. The Morgan fingerprint density at radius 2 is 1.88 bits per heavy atom. The molecule has 1 saturated carbocycles. The van der Waals surface area contributed by atoms with E-state index in [9.17, 15) is 10.1 Å². The summed E-state index contributed by atoms with van der Waals surface area (Å²) in [5.74, 6) is 0.646. The normalized spacial score (nSPS) is 24.3. The highest BCUT2D eigenvalue weighted by molar-refractivity contribution is 6.21. The summed E-state index contributed by atoms with van der Waals surface area (Å²) in [5, 5.41) is 10.5. The molecule has 2 rings (SSSR count). The zero-order valence-electron chi connectivity index (χ0n) is 9.34. The molecule has 0 aliphatic heterocycles. The molecule has 2 atom stereocenters. The average molecular weight is 256 g/mol. The number of non-ortho nitro benzene ring substituents is 1. The minimum atomic E-state index is -0.422. The van der Waals surface area contributed by atoms with Crippen LogP contribution in [0.3, 0.4) is 0 Å². The van der Waals surface area contributed by atoms with Gasteiger partial charge in [-0.3, -0.25) is 10.1 Å². The van der Waals surface area contributed by atoms with E-state index in [1.807, 2.05) is 0 Å². The van der Waals surface area contributed by atoms with Crippen LogP contribution in [0.4, 0.5) is 5.69 Å². The first-order valence-corrected chi connectivity index (χ1v) is 6.15. The predicted molar refractivity (Wildman–Crippen MR) is 65.6 cm³/mol. The van der Waals surface area contributed by atoms with Gasteiger partial charge in [-0.2, -0.15) is 0 Å². The van der Waals surface area contributed by atoms with Gasteiger partial charge in [0.2, 0.25) is 0 Å². The molecule has 1 aromatic rings. The van der Waals surface area contributed by atoms with Crippen LogP contribution >= 0.6 is 11.6 Å². The summed E-state index contributed by atoms with van der Waals surface area (Å²) in [6, 6.07) is 6.13. The summed E-state index contributed by atoms with van der Waals surface area (Å²) in [6.07, 6.45) is 4.21. The molecule has 0 heterocycles. The molecule has 0 radical (unpaired) electrons. The number of alkyl halides is 1. The number of rotatable bonds is 3. The highest BCUT2D eigenvalue weighted by Crippen LogP contribution is 2.28. The zero-order chi connectivity index (χ0) is 12.3. The van der Waals surface area contributed by atoms with Crippen molar-refractivity contribution in [2.75, 3.05) is 0 Å². The van der Waals surface area contributed by atoms with Crippen molar-refractivity contribution in [2.45, 2.75) is 37.2 Å². The highest BCUT2D eigenvalue weighted by Gasteiger charge is 2.24. The zero-order valence-corrected chi connectivity index (χ0v) is 10.1. The van der Waals surface area contributed by atoms with E-state index >= 15 is 0 Å². The van der Waals surface area contributed by atoms with Crippen LogP contribution in [0.5, 0.6) is 5.75 Å². The number of hydrogen-bond acceptors (Lipinski definition) is 3. The van der Waals surface area contributed by atoms with E-state index in [0.29, 0.717) is 5.75 Å². The van der Waals surface area contributed by atoms with Gasteiger partial charge in [0.15, 0.2) is 0 Å². The molecule has 0 amide bonds. The number of benzene rings is 1. The molecule has 2 unspecified atom stereocenters. The third-order valence-electron chi connectivity index (χ3n) is 2.96. The van der Waals surface area contributed by atoms with Gasteiger partial charge in [0.25, 0.3) is 5.69 Å². The second-order valence-electron chi connectivity index (χ2n) is 4.21. The Bertz CT molecular complexity index is 393. The van der Waals surface area contributed by atoms with E-state index in [1.54, 1.807) is 12.1 Å². The van der Waals surface area contributed by atoms with Gasteiger partial charge in [0.05, 0.1) is 10.3 Å². The van der Waals surface area contributed by atoms with Crippen LogP contribution in [-0.2, 0) is 0 Å². The van der Waals surface area contributed by atoms with Crippen molar-refractivity contribution < 1.29 is 9.66 Å². The van der Waals surface area contributed by atoms with E-state index in [2.05, 4.69) is 0 Å². The summed E-state index contributed by atoms with van der Waals surface area (Å²) in [5.41, 5.74) is 0.0726. The van der Waals surface area contributed by atoms with E-state index in [-0.39, 0.29) is 17.2 Å². The quantitative estimate of drug-likeness (QED) is 0.472. The van der Waals surface area contributed by atoms with Crippen molar-refractivity contribution in [3.8, 4) is 5.75 Å². The molecule has 0 aromatic heterocycles. The van der Waals surface area contributed by atoms with Gasteiger partial charge in [0.1, 0.15) is 11.9 Å². The molecular weight excluding hydrogens is 242 g/mol. The first kappa shape index (κ1) is 12.2. The summed E-state index contributed by atoms with van der Waals surface area (Å²) < 4.78 is 5.75. The van der Waals surface area contributed by atoms with Gasteiger partial charge < -0.3 is 4.74 Å². The number of ether oxygens (including phenoxy) is 1. The number of nitrogens with zero attached hydrogens (tertiary/aromatic N) is 1. The Balaban J connectivity index is 2.00. The molecule has 5 heteroatoms. The maximum absolute atomic E-state index is 10.5. The van der Waals surface area contributed by atoms with Crippen LogP contribution < -0.4 is 4.74 Å². The van der Waals surface area contributed by atoms with Crippen molar-refractivity contribution in [3.63, 3.8) is 0 Å². The minimum absolute atomic E-state index is 0.0203. The number of halogens is 1. The first-order chi connectivity index (χ1) is 8.16. The molecule has 4 nitrogen and oxygen atoms in total. The standard InChI is InChI=1S/C12H14ClNO3/c13-11-3-1-2-4-12(11)17-10-7-5-9(6-8-10)14(15)16/h5-8,11-12H,1-4H2. The lowest BCUT2D eigenvalue weighted by atomic mass is 9.97. The lowest BCUT2D eigenvalue weighted by Gasteiger charge is -2.27. The largest absolute Gasteiger partial charge is 0.489 e. The van der Waals surface area contributed by atoms with Gasteiger partial charge in [-0.1, -0.05) is 6.42 Å². The van der Waals surface area contributed by atoms with E-state index in [4.69, 9.17) is 16.3 Å². The fraction of sp³-hybridized carbons (Fsp3) is 0.500. The topological polar surface area (TPSA) is 52.4 Å². The third-order valence-corrected chi connectivity index (χ3v) is 3.46. The van der Waals surface area contributed by atoms with Crippen LogP contribution in [-0.4, -0.2) is 16.4 Å². The SMILES string of the molecule is O=[N+]([O-])c1ccc(OC2CCCCC2Cl)cc1. The molecule has 0 saturated heterocycles. The van der Waals surface area contributed by atoms with Crippen LogP contribution in [0.2, 0.25) is 0 Å². The molecule has 1 aliphatic carbocycles. The fourth-order valence-electron chi connectivity index (χ4n) is 2.01. The van der Waals surface area contributed by atoms with Crippen LogP contribution in [0.1, 0.15) is 25.7 Å². The van der Waals surface area contributed by atoms with Crippen molar-refractivity contribution in [1.82, 2.24) is 0 Å². The summed E-state index contributed by atoms with van der Waals surface area (Å²) in [6.45, 7) is 0. The van der Waals surface area contributed by atoms with E-state index in [1.165, 1.54) is 12.1 Å². The van der Waals surface area contributed by atoms with Crippen LogP contribution in [0, 0.1) is 10.1 Å². The number of nitro benzene ring substituents is 1. The fourth-order valence-corrected chi connectivity index (χ4v) is 2.34. The first-order valence-electron chi connectivity index (χ1n) is 5.72. The van der Waals surface area contributed by atoms with Crippen molar-refractivity contribution in [1.29, 1.82) is 0 Å². The predicted octanol–water partition coefficient (Wildman–Crippen LogP) is 3.52. The van der Waals surface area contributed by atoms with Gasteiger partial charge in [0, 0.05) is 12.1 Å². The van der Waals surface area contributed by atoms with Crippen LogP contribution in [0.15, 0.2) is 24.3 Å². The molecule has 0 N–H and O–H groups in total. The minimum Gasteiger partial charge on any atom is -0.489 e. The second kappa shape index (κ2) is 5.36. The Morgan fingerprint density at radius 3 is 2.47 bits per heavy atom. The van der Waals surface area contributed by atoms with Crippen LogP contribution in [0.25, 0.3) is 0 Å². The molecular formula is C12H14ClNO3. The van der Waals surface area contributed by atoms with Crippen molar-refractivity contribution in [3.05, 3.63) is 34.4 Å². The van der Waals surface area contributed by atoms with Crippen molar-refractivity contribution >= 4 is 17.3 Å². The van der Waals surface area contributed by atoms with Crippen molar-refractivity contribution in [2.24, 2.45) is 0 Å². The smallest absolute Gasteiger partial charge is 0.269 e. The van der Waals surface area contributed by atoms with Gasteiger partial charge in [-0.25, -0.2) is 0 Å². The van der Waals surface area contributed by atoms with Gasteiger partial charge >= 0.3 is 0 Å². The molecule has 0 spiro atoms. The number of nitro groups is 1. The second-order valence-corrected chi connectivity index (χ2v) is 4.77. The van der Waals surface area contributed by atoms with E-state index < -0.39 is 4.92 Å². The monoisotopic (exact) mass is 255 g/mol. The third kappa shape index (κ3) is 3.09. The summed E-state index contributed by atoms with van der Waals surface area (Å²) in [4.78, 5) is 10.1. The molecule has 92 valence electrons. The maximum atomic E-state index is 10.5. The summed E-state index contributed by atoms with van der Waals surface area (Å²) in [7, 11) is 0. The highest BCUT2D eigenvalue weighted by atomic mass is 35.5. The Kier molecular flexibility index (Phi) is 3.84. The molecule has 1 aliphatic rings. The molecule has 1 fully saturated rings. The lowest BCUT2D eigenvalue weighted by Crippen LogP contribution is -2.30. The number of hydrogen-bond donors (Lipinski definition) is 0. The summed E-state index contributed by atoms with van der Waals surface area (Å²) >= 11 is 6.18. The Labute approximate surface area is 105 Å². The average Bonchev–Trinajstić information content (AvgIpc) is 2.33. The maximum Gasteiger partial charge on any atom is 0.269 e. The Morgan fingerprint density at radius 1 is 1.24 bits per heavy atom. The van der Waals surface area contributed by atoms with Gasteiger partial charge in [-0.15, -0.1) is 11.6 Å².